The lowest BCUT2D eigenvalue weighted by Crippen LogP contribution is -2.38. The van der Waals surface area contributed by atoms with Gasteiger partial charge in [0.1, 0.15) is 5.75 Å². The molecule has 2 aromatic rings. The number of benzene rings is 2. The second-order valence-corrected chi connectivity index (χ2v) is 7.03. The molecule has 1 amide bonds. The molecule has 0 saturated heterocycles. The molecule has 2 rings (SSSR count). The van der Waals surface area contributed by atoms with Gasteiger partial charge < -0.3 is 19.5 Å². The van der Waals surface area contributed by atoms with E-state index >= 15 is 0 Å². The third kappa shape index (κ3) is 6.41. The van der Waals surface area contributed by atoms with Crippen molar-refractivity contribution in [2.75, 3.05) is 20.3 Å². The average Bonchev–Trinajstić information content (AvgIpc) is 2.73. The van der Waals surface area contributed by atoms with E-state index in [4.69, 9.17) is 14.2 Å². The molecule has 0 aromatic heterocycles. The normalized spacial score (nSPS) is 11.6. The summed E-state index contributed by atoms with van der Waals surface area (Å²) < 4.78 is 16.9. The molecule has 0 bridgehead atoms. The van der Waals surface area contributed by atoms with Crippen molar-refractivity contribution in [3.05, 3.63) is 53.1 Å². The van der Waals surface area contributed by atoms with Crippen LogP contribution in [0.4, 0.5) is 0 Å². The van der Waals surface area contributed by atoms with Gasteiger partial charge in [-0.2, -0.15) is 0 Å². The summed E-state index contributed by atoms with van der Waals surface area (Å²) in [6, 6.07) is 11.9. The number of ether oxygens (including phenoxy) is 3. The van der Waals surface area contributed by atoms with Gasteiger partial charge in [0.2, 0.25) is 0 Å². The maximum atomic E-state index is 12.5. The van der Waals surface area contributed by atoms with Gasteiger partial charge in [0.15, 0.2) is 17.6 Å². The van der Waals surface area contributed by atoms with Crippen LogP contribution >= 0.6 is 0 Å². The predicted molar refractivity (Wildman–Crippen MR) is 116 cm³/mol. The minimum atomic E-state index is -0.485. The van der Waals surface area contributed by atoms with E-state index in [9.17, 15) is 4.79 Å². The molecule has 158 valence electrons. The molecule has 0 aliphatic carbocycles. The third-order valence-corrected chi connectivity index (χ3v) is 4.96. The Morgan fingerprint density at radius 2 is 1.86 bits per heavy atom. The van der Waals surface area contributed by atoms with Gasteiger partial charge in [-0.25, -0.2) is 0 Å². The molecular formula is C24H33NO4. The minimum Gasteiger partial charge on any atom is -0.493 e. The van der Waals surface area contributed by atoms with Crippen molar-refractivity contribution in [3.8, 4) is 17.2 Å². The van der Waals surface area contributed by atoms with Gasteiger partial charge in [0.25, 0.3) is 5.91 Å². The molecule has 0 spiro atoms. The maximum absolute atomic E-state index is 12.5. The van der Waals surface area contributed by atoms with Gasteiger partial charge in [-0.15, -0.1) is 0 Å². The second-order valence-electron chi connectivity index (χ2n) is 7.03. The fourth-order valence-electron chi connectivity index (χ4n) is 3.09. The Hall–Kier alpha value is -2.69. The molecule has 0 radical (unpaired) electrons. The smallest absolute Gasteiger partial charge is 0.261 e. The summed E-state index contributed by atoms with van der Waals surface area (Å²) in [7, 11) is 1.64. The van der Waals surface area contributed by atoms with E-state index in [0.717, 1.165) is 46.8 Å². The van der Waals surface area contributed by atoms with Gasteiger partial charge in [-0.05, 0) is 74.9 Å². The summed E-state index contributed by atoms with van der Waals surface area (Å²) in [6.45, 7) is 9.16. The van der Waals surface area contributed by atoms with Crippen LogP contribution in [0.2, 0.25) is 0 Å². The van der Waals surface area contributed by atoms with Crippen molar-refractivity contribution in [3.63, 3.8) is 0 Å². The Labute approximate surface area is 174 Å². The zero-order valence-electron chi connectivity index (χ0n) is 18.2. The Kier molecular flexibility index (Phi) is 8.84. The van der Waals surface area contributed by atoms with Crippen molar-refractivity contribution >= 4 is 5.91 Å². The van der Waals surface area contributed by atoms with Crippen LogP contribution in [0.15, 0.2) is 36.4 Å². The number of amides is 1. The van der Waals surface area contributed by atoms with Crippen molar-refractivity contribution in [1.82, 2.24) is 5.32 Å². The average molecular weight is 400 g/mol. The Morgan fingerprint density at radius 1 is 1.07 bits per heavy atom. The van der Waals surface area contributed by atoms with Crippen LogP contribution in [0.25, 0.3) is 0 Å². The summed E-state index contributed by atoms with van der Waals surface area (Å²) in [6.07, 6.45) is 1.82. The first kappa shape index (κ1) is 22.6. The van der Waals surface area contributed by atoms with E-state index in [-0.39, 0.29) is 5.91 Å². The number of aryl methyl sites for hydroxylation is 2. The fraction of sp³-hybridized carbons (Fsp3) is 0.458. The predicted octanol–water partition coefficient (Wildman–Crippen LogP) is 4.62. The van der Waals surface area contributed by atoms with E-state index in [1.807, 2.05) is 64.1 Å². The molecule has 5 heteroatoms. The monoisotopic (exact) mass is 399 g/mol. The molecule has 0 fully saturated rings. The van der Waals surface area contributed by atoms with E-state index in [1.54, 1.807) is 7.11 Å². The molecule has 1 atom stereocenters. The van der Waals surface area contributed by atoms with Crippen LogP contribution in [0.3, 0.4) is 0 Å². The molecule has 29 heavy (non-hydrogen) atoms. The van der Waals surface area contributed by atoms with Crippen LogP contribution in [-0.4, -0.2) is 32.3 Å². The summed E-state index contributed by atoms with van der Waals surface area (Å²) in [5.74, 6) is 2.19. The number of hydrogen-bond donors (Lipinski definition) is 1. The van der Waals surface area contributed by atoms with Crippen LogP contribution < -0.4 is 19.5 Å². The molecule has 0 heterocycles. The van der Waals surface area contributed by atoms with Gasteiger partial charge in [-0.3, -0.25) is 4.79 Å². The Morgan fingerprint density at radius 3 is 2.55 bits per heavy atom. The van der Waals surface area contributed by atoms with Crippen molar-refractivity contribution in [2.24, 2.45) is 0 Å². The van der Waals surface area contributed by atoms with E-state index in [1.165, 1.54) is 0 Å². The summed E-state index contributed by atoms with van der Waals surface area (Å²) in [4.78, 5) is 12.5. The van der Waals surface area contributed by atoms with Crippen LogP contribution in [0, 0.1) is 13.8 Å². The highest BCUT2D eigenvalue weighted by atomic mass is 16.5. The van der Waals surface area contributed by atoms with Crippen molar-refractivity contribution in [1.29, 1.82) is 0 Å². The summed E-state index contributed by atoms with van der Waals surface area (Å²) >= 11 is 0. The fourth-order valence-corrected chi connectivity index (χ4v) is 3.09. The van der Waals surface area contributed by atoms with Gasteiger partial charge in [-0.1, -0.05) is 25.1 Å². The highest BCUT2D eigenvalue weighted by molar-refractivity contribution is 5.81. The number of hydrogen-bond acceptors (Lipinski definition) is 4. The maximum Gasteiger partial charge on any atom is 0.261 e. The lowest BCUT2D eigenvalue weighted by atomic mass is 10.1. The molecule has 2 aromatic carbocycles. The zero-order valence-corrected chi connectivity index (χ0v) is 18.2. The third-order valence-electron chi connectivity index (χ3n) is 4.96. The number of carbonyl (C=O) groups is 1. The summed E-state index contributed by atoms with van der Waals surface area (Å²) in [5.41, 5.74) is 3.38. The van der Waals surface area contributed by atoms with Gasteiger partial charge in [0.05, 0.1) is 13.7 Å². The molecule has 1 N–H and O–H groups in total. The Bertz CT molecular complexity index is 803. The lowest BCUT2D eigenvalue weighted by Gasteiger charge is -2.19. The van der Waals surface area contributed by atoms with Crippen molar-refractivity contribution in [2.45, 2.75) is 53.1 Å². The first-order valence-corrected chi connectivity index (χ1v) is 10.3. The largest absolute Gasteiger partial charge is 0.493 e. The second kappa shape index (κ2) is 11.3. The van der Waals surface area contributed by atoms with Crippen LogP contribution in [0.1, 0.15) is 43.4 Å². The number of methoxy groups -OCH3 is 1. The quantitative estimate of drug-likeness (QED) is 0.560. The SMILES string of the molecule is CCOc1ccc(CCCNC(=O)[C@H](CC)Oc2cccc(C)c2C)cc1OC. The Balaban J connectivity index is 1.84. The van der Waals surface area contributed by atoms with Crippen molar-refractivity contribution < 1.29 is 19.0 Å². The van der Waals surface area contributed by atoms with E-state index in [2.05, 4.69) is 5.32 Å². The molecule has 0 aliphatic heterocycles. The van der Waals surface area contributed by atoms with Crippen LogP contribution in [0.5, 0.6) is 17.2 Å². The highest BCUT2D eigenvalue weighted by Crippen LogP contribution is 2.28. The highest BCUT2D eigenvalue weighted by Gasteiger charge is 2.19. The molecule has 0 unspecified atom stereocenters. The topological polar surface area (TPSA) is 56.8 Å². The minimum absolute atomic E-state index is 0.0716. The van der Waals surface area contributed by atoms with E-state index in [0.29, 0.717) is 19.6 Å². The molecule has 5 nitrogen and oxygen atoms in total. The first-order valence-electron chi connectivity index (χ1n) is 10.3. The zero-order chi connectivity index (χ0) is 21.2. The standard InChI is InChI=1S/C24H33NO4/c1-6-20(29-21-12-8-10-17(3)18(21)4)24(26)25-15-9-11-19-13-14-22(28-7-2)23(16-19)27-5/h8,10,12-14,16,20H,6-7,9,11,15H2,1-5H3,(H,25,26)/t20-/m0/s1. The van der Waals surface area contributed by atoms with Gasteiger partial charge in [0, 0.05) is 6.54 Å². The number of carbonyl (C=O) groups excluding carboxylic acids is 1. The molecular weight excluding hydrogens is 366 g/mol. The van der Waals surface area contributed by atoms with E-state index < -0.39 is 6.10 Å². The number of rotatable bonds is 11. The van der Waals surface area contributed by atoms with Gasteiger partial charge >= 0.3 is 0 Å². The molecule has 0 aliphatic rings. The first-order chi connectivity index (χ1) is 14.0. The number of nitrogens with one attached hydrogen (secondary N) is 1. The van der Waals surface area contributed by atoms with Crippen LogP contribution in [-0.2, 0) is 11.2 Å². The summed E-state index contributed by atoms with van der Waals surface area (Å²) in [5, 5.41) is 3.00. The molecule has 0 saturated carbocycles. The lowest BCUT2D eigenvalue weighted by molar-refractivity contribution is -0.128.